The summed E-state index contributed by atoms with van der Waals surface area (Å²) in [5, 5.41) is 3.33. The Kier molecular flexibility index (Phi) is 4.96. The first kappa shape index (κ1) is 15.5. The van der Waals surface area contributed by atoms with E-state index in [1.165, 1.54) is 0 Å². The average Bonchev–Trinajstić information content (AvgIpc) is 2.53. The highest BCUT2D eigenvalue weighted by Crippen LogP contribution is 2.21. The number of benzene rings is 1. The second-order valence-electron chi connectivity index (χ2n) is 5.55. The first-order chi connectivity index (χ1) is 10.1. The smallest absolute Gasteiger partial charge is 0.253 e. The lowest BCUT2D eigenvalue weighted by molar-refractivity contribution is 0.0631. The van der Waals surface area contributed by atoms with E-state index in [1.807, 2.05) is 11.9 Å². The van der Waals surface area contributed by atoms with Crippen LogP contribution in [0.25, 0.3) is 0 Å². The molecule has 5 nitrogen and oxygen atoms in total. The molecule has 21 heavy (non-hydrogen) atoms. The number of carbonyl (C=O) groups is 2. The van der Waals surface area contributed by atoms with Gasteiger partial charge in [0, 0.05) is 30.3 Å². The summed E-state index contributed by atoms with van der Waals surface area (Å²) in [5.74, 6) is -0.0666. The molecule has 2 unspecified atom stereocenters. The molecule has 0 saturated carbocycles. The van der Waals surface area contributed by atoms with Crippen molar-refractivity contribution in [1.82, 2.24) is 10.2 Å². The molecule has 0 radical (unpaired) electrons. The molecule has 2 amide bonds. The summed E-state index contributed by atoms with van der Waals surface area (Å²) < 4.78 is 0. The van der Waals surface area contributed by atoms with Crippen molar-refractivity contribution in [2.75, 3.05) is 20.1 Å². The predicted molar refractivity (Wildman–Crippen MR) is 82.1 cm³/mol. The van der Waals surface area contributed by atoms with Gasteiger partial charge in [-0.15, -0.1) is 0 Å². The highest BCUT2D eigenvalue weighted by molar-refractivity contribution is 5.99. The second-order valence-corrected chi connectivity index (χ2v) is 5.55. The highest BCUT2D eigenvalue weighted by atomic mass is 16.2. The summed E-state index contributed by atoms with van der Waals surface area (Å²) >= 11 is 0. The van der Waals surface area contributed by atoms with Crippen molar-refractivity contribution in [3.05, 3.63) is 35.4 Å². The van der Waals surface area contributed by atoms with Crippen LogP contribution in [0, 0.1) is 5.92 Å². The molecule has 2 atom stereocenters. The quantitative estimate of drug-likeness (QED) is 0.876. The van der Waals surface area contributed by atoms with E-state index >= 15 is 0 Å². The van der Waals surface area contributed by atoms with E-state index in [2.05, 4.69) is 12.2 Å². The number of nitrogens with one attached hydrogen (secondary N) is 1. The lowest BCUT2D eigenvalue weighted by Gasteiger charge is -2.38. The average molecular weight is 289 g/mol. The van der Waals surface area contributed by atoms with Crippen molar-refractivity contribution >= 4 is 11.8 Å². The Balaban J connectivity index is 2.13. The maximum Gasteiger partial charge on any atom is 0.253 e. The number of amides is 2. The Labute approximate surface area is 125 Å². The van der Waals surface area contributed by atoms with E-state index < -0.39 is 5.91 Å². The number of nitrogens with zero attached hydrogens (tertiary/aromatic N) is 1. The van der Waals surface area contributed by atoms with Crippen LogP contribution in [0.5, 0.6) is 0 Å². The number of rotatable bonds is 4. The third-order valence-electron chi connectivity index (χ3n) is 4.31. The van der Waals surface area contributed by atoms with Gasteiger partial charge in [-0.3, -0.25) is 9.59 Å². The molecule has 1 aliphatic rings. The molecule has 3 N–H and O–H groups in total. The van der Waals surface area contributed by atoms with E-state index in [-0.39, 0.29) is 5.91 Å². The number of piperidine rings is 1. The molecular formula is C16H23N3O2. The summed E-state index contributed by atoms with van der Waals surface area (Å²) in [7, 11) is 1.97. The van der Waals surface area contributed by atoms with Crippen molar-refractivity contribution < 1.29 is 9.59 Å². The minimum Gasteiger partial charge on any atom is -0.366 e. The zero-order valence-electron chi connectivity index (χ0n) is 12.6. The lowest BCUT2D eigenvalue weighted by atomic mass is 9.89. The zero-order chi connectivity index (χ0) is 15.4. The van der Waals surface area contributed by atoms with Crippen LogP contribution >= 0.6 is 0 Å². The van der Waals surface area contributed by atoms with Crippen molar-refractivity contribution in [3.63, 3.8) is 0 Å². The fraction of sp³-hybridized carbons (Fsp3) is 0.500. The second kappa shape index (κ2) is 6.72. The van der Waals surface area contributed by atoms with Gasteiger partial charge < -0.3 is 16.0 Å². The van der Waals surface area contributed by atoms with Crippen LogP contribution in [-0.2, 0) is 0 Å². The van der Waals surface area contributed by atoms with Gasteiger partial charge in [0.15, 0.2) is 0 Å². The number of hydrogen-bond acceptors (Lipinski definition) is 3. The molecular weight excluding hydrogens is 266 g/mol. The minimum atomic E-state index is -0.509. The molecule has 1 heterocycles. The molecule has 1 aromatic carbocycles. The molecule has 1 saturated heterocycles. The number of carbonyl (C=O) groups excluding carboxylic acids is 2. The Hall–Kier alpha value is -1.88. The van der Waals surface area contributed by atoms with Gasteiger partial charge in [-0.25, -0.2) is 0 Å². The third kappa shape index (κ3) is 3.42. The highest BCUT2D eigenvalue weighted by Gasteiger charge is 2.29. The largest absolute Gasteiger partial charge is 0.366 e. The van der Waals surface area contributed by atoms with Gasteiger partial charge in [-0.2, -0.15) is 0 Å². The molecule has 114 valence electrons. The van der Waals surface area contributed by atoms with Crippen LogP contribution in [-0.4, -0.2) is 42.9 Å². The van der Waals surface area contributed by atoms with Gasteiger partial charge in [-0.1, -0.05) is 19.4 Å². The van der Waals surface area contributed by atoms with Crippen LogP contribution in [0.1, 0.15) is 40.5 Å². The Bertz CT molecular complexity index is 530. The summed E-state index contributed by atoms with van der Waals surface area (Å²) in [4.78, 5) is 25.7. The van der Waals surface area contributed by atoms with Crippen LogP contribution in [0.3, 0.4) is 0 Å². The number of hydrogen-bond donors (Lipinski definition) is 2. The summed E-state index contributed by atoms with van der Waals surface area (Å²) in [6.45, 7) is 3.64. The summed E-state index contributed by atoms with van der Waals surface area (Å²) in [6, 6.07) is 7.11. The van der Waals surface area contributed by atoms with Crippen LogP contribution in [0.2, 0.25) is 0 Å². The SMILES string of the molecule is CCC1CN(C(=O)c2cccc(C(N)=O)c2)CCC1NC. The normalized spacial score (nSPS) is 22.1. The maximum atomic E-state index is 12.6. The monoisotopic (exact) mass is 289 g/mol. The minimum absolute atomic E-state index is 0.0221. The summed E-state index contributed by atoms with van der Waals surface area (Å²) in [5.41, 5.74) is 6.17. The molecule has 1 aromatic rings. The topological polar surface area (TPSA) is 75.4 Å². The van der Waals surface area contributed by atoms with Gasteiger partial charge in [0.1, 0.15) is 0 Å². The Morgan fingerprint density at radius 1 is 1.38 bits per heavy atom. The van der Waals surface area contributed by atoms with Crippen molar-refractivity contribution in [2.45, 2.75) is 25.8 Å². The van der Waals surface area contributed by atoms with Crippen molar-refractivity contribution in [3.8, 4) is 0 Å². The first-order valence-electron chi connectivity index (χ1n) is 7.43. The molecule has 0 bridgehead atoms. The van der Waals surface area contributed by atoms with Gasteiger partial charge in [0.25, 0.3) is 5.91 Å². The van der Waals surface area contributed by atoms with Crippen molar-refractivity contribution in [1.29, 1.82) is 0 Å². The Morgan fingerprint density at radius 3 is 2.71 bits per heavy atom. The molecule has 1 aliphatic heterocycles. The molecule has 0 spiro atoms. The maximum absolute atomic E-state index is 12.6. The fourth-order valence-corrected chi connectivity index (χ4v) is 3.00. The van der Waals surface area contributed by atoms with Gasteiger partial charge >= 0.3 is 0 Å². The standard InChI is InChI=1S/C16H23N3O2/c1-3-11-10-19(8-7-14(11)18-2)16(21)13-6-4-5-12(9-13)15(17)20/h4-6,9,11,14,18H,3,7-8,10H2,1-2H3,(H2,17,20). The van der Waals surface area contributed by atoms with Crippen LogP contribution in [0.4, 0.5) is 0 Å². The fourth-order valence-electron chi connectivity index (χ4n) is 3.00. The summed E-state index contributed by atoms with van der Waals surface area (Å²) in [6.07, 6.45) is 1.99. The number of nitrogens with two attached hydrogens (primary N) is 1. The molecule has 1 fully saturated rings. The zero-order valence-corrected chi connectivity index (χ0v) is 12.6. The predicted octanol–water partition coefficient (Wildman–Crippen LogP) is 1.25. The van der Waals surface area contributed by atoms with Gasteiger partial charge in [0.2, 0.25) is 5.91 Å². The molecule has 5 heteroatoms. The van der Waals surface area contributed by atoms with Gasteiger partial charge in [-0.05, 0) is 37.6 Å². The molecule has 0 aliphatic carbocycles. The van der Waals surface area contributed by atoms with E-state index in [1.54, 1.807) is 24.3 Å². The number of primary amides is 1. The third-order valence-corrected chi connectivity index (χ3v) is 4.31. The molecule has 2 rings (SSSR count). The first-order valence-corrected chi connectivity index (χ1v) is 7.43. The van der Waals surface area contributed by atoms with Crippen molar-refractivity contribution in [2.24, 2.45) is 11.7 Å². The van der Waals surface area contributed by atoms with E-state index in [0.717, 1.165) is 25.9 Å². The van der Waals surface area contributed by atoms with Crippen LogP contribution in [0.15, 0.2) is 24.3 Å². The molecule has 0 aromatic heterocycles. The number of likely N-dealkylation sites (tertiary alicyclic amines) is 1. The van der Waals surface area contributed by atoms with E-state index in [0.29, 0.717) is 23.1 Å². The lowest BCUT2D eigenvalue weighted by Crippen LogP contribution is -2.50. The van der Waals surface area contributed by atoms with Gasteiger partial charge in [0.05, 0.1) is 0 Å². The Morgan fingerprint density at radius 2 is 2.10 bits per heavy atom. The van der Waals surface area contributed by atoms with E-state index in [4.69, 9.17) is 5.73 Å². The van der Waals surface area contributed by atoms with E-state index in [9.17, 15) is 9.59 Å². The van der Waals surface area contributed by atoms with Crippen LogP contribution < -0.4 is 11.1 Å².